The maximum atomic E-state index is 5.32. The van der Waals surface area contributed by atoms with Crippen LogP contribution in [0.5, 0.6) is 11.5 Å². The van der Waals surface area contributed by atoms with Crippen LogP contribution in [0.2, 0.25) is 0 Å². The van der Waals surface area contributed by atoms with Crippen molar-refractivity contribution in [3.63, 3.8) is 0 Å². The molecule has 3 rings (SSSR count). The number of nitrogens with zero attached hydrogens (tertiary/aromatic N) is 3. The van der Waals surface area contributed by atoms with Crippen molar-refractivity contribution >= 4 is 0 Å². The Morgan fingerprint density at radius 3 is 2.32 bits per heavy atom. The Kier molecular flexibility index (Phi) is 3.78. The molecule has 0 aliphatic carbocycles. The first kappa shape index (κ1) is 14.1. The zero-order chi connectivity index (χ0) is 15.5. The number of methoxy groups -OCH3 is 2. The summed E-state index contributed by atoms with van der Waals surface area (Å²) in [6.45, 7) is 2.06. The van der Waals surface area contributed by atoms with Gasteiger partial charge in [-0.3, -0.25) is 0 Å². The van der Waals surface area contributed by atoms with Gasteiger partial charge in [0.2, 0.25) is 0 Å². The van der Waals surface area contributed by atoms with Gasteiger partial charge in [0.15, 0.2) is 11.5 Å². The van der Waals surface area contributed by atoms with Crippen LogP contribution in [0.3, 0.4) is 0 Å². The van der Waals surface area contributed by atoms with Gasteiger partial charge in [0.1, 0.15) is 5.69 Å². The van der Waals surface area contributed by atoms with E-state index in [1.54, 1.807) is 18.9 Å². The molecule has 2 aromatic carbocycles. The van der Waals surface area contributed by atoms with E-state index in [0.29, 0.717) is 11.5 Å². The zero-order valence-corrected chi connectivity index (χ0v) is 12.8. The van der Waals surface area contributed by atoms with Crippen LogP contribution in [0.4, 0.5) is 0 Å². The molecule has 0 spiro atoms. The average Bonchev–Trinajstić information content (AvgIpc) is 3.05. The fraction of sp³-hybridized carbons (Fsp3) is 0.176. The van der Waals surface area contributed by atoms with Crippen LogP contribution in [0.1, 0.15) is 5.56 Å². The first-order valence-corrected chi connectivity index (χ1v) is 6.93. The zero-order valence-electron chi connectivity index (χ0n) is 12.8. The quantitative estimate of drug-likeness (QED) is 0.741. The topological polar surface area (TPSA) is 49.2 Å². The SMILES string of the molecule is COc1ccc(-n2cc(-c3ccc(C)cc3)nn2)cc1OC. The lowest BCUT2D eigenvalue weighted by Crippen LogP contribution is -1.97. The van der Waals surface area contributed by atoms with Crippen molar-refractivity contribution in [2.45, 2.75) is 6.92 Å². The molecule has 1 heterocycles. The lowest BCUT2D eigenvalue weighted by Gasteiger charge is -2.08. The van der Waals surface area contributed by atoms with E-state index in [-0.39, 0.29) is 0 Å². The molecular weight excluding hydrogens is 278 g/mol. The molecule has 0 aliphatic rings. The van der Waals surface area contributed by atoms with E-state index < -0.39 is 0 Å². The minimum absolute atomic E-state index is 0.660. The summed E-state index contributed by atoms with van der Waals surface area (Å²) in [5.41, 5.74) is 3.95. The standard InChI is InChI=1S/C17H17N3O2/c1-12-4-6-13(7-5-12)15-11-20(19-18-15)14-8-9-16(21-2)17(10-14)22-3/h4-11H,1-3H3. The van der Waals surface area contributed by atoms with E-state index in [1.165, 1.54) is 5.56 Å². The van der Waals surface area contributed by atoms with Gasteiger partial charge >= 0.3 is 0 Å². The molecule has 3 aromatic rings. The molecule has 22 heavy (non-hydrogen) atoms. The fourth-order valence-electron chi connectivity index (χ4n) is 2.21. The van der Waals surface area contributed by atoms with Gasteiger partial charge in [-0.2, -0.15) is 0 Å². The molecule has 0 atom stereocenters. The molecule has 0 N–H and O–H groups in total. The van der Waals surface area contributed by atoms with Crippen molar-refractivity contribution in [2.24, 2.45) is 0 Å². The van der Waals surface area contributed by atoms with Gasteiger partial charge in [0.05, 0.1) is 26.1 Å². The number of hydrogen-bond donors (Lipinski definition) is 0. The Bertz CT molecular complexity index is 779. The van der Waals surface area contributed by atoms with Crippen LogP contribution >= 0.6 is 0 Å². The summed E-state index contributed by atoms with van der Waals surface area (Å²) in [6, 6.07) is 13.8. The Morgan fingerprint density at radius 1 is 0.909 bits per heavy atom. The van der Waals surface area contributed by atoms with E-state index in [4.69, 9.17) is 9.47 Å². The smallest absolute Gasteiger partial charge is 0.162 e. The average molecular weight is 295 g/mol. The van der Waals surface area contributed by atoms with E-state index >= 15 is 0 Å². The molecule has 0 saturated carbocycles. The number of aromatic nitrogens is 3. The van der Waals surface area contributed by atoms with Crippen LogP contribution in [0.15, 0.2) is 48.7 Å². The Balaban J connectivity index is 1.95. The van der Waals surface area contributed by atoms with Gasteiger partial charge in [-0.15, -0.1) is 5.10 Å². The predicted octanol–water partition coefficient (Wildman–Crippen LogP) is 3.26. The van der Waals surface area contributed by atoms with Gasteiger partial charge in [-0.1, -0.05) is 35.0 Å². The van der Waals surface area contributed by atoms with Crippen molar-refractivity contribution in [1.29, 1.82) is 0 Å². The van der Waals surface area contributed by atoms with Gasteiger partial charge in [-0.05, 0) is 19.1 Å². The van der Waals surface area contributed by atoms with Crippen LogP contribution in [-0.2, 0) is 0 Å². The second kappa shape index (κ2) is 5.89. The normalized spacial score (nSPS) is 10.5. The number of rotatable bonds is 4. The molecule has 1 aromatic heterocycles. The summed E-state index contributed by atoms with van der Waals surface area (Å²) in [7, 11) is 3.23. The molecular formula is C17H17N3O2. The third-order valence-corrected chi connectivity index (χ3v) is 3.47. The summed E-state index contributed by atoms with van der Waals surface area (Å²) in [6.07, 6.45) is 1.89. The molecule has 0 aliphatic heterocycles. The summed E-state index contributed by atoms with van der Waals surface area (Å²) >= 11 is 0. The lowest BCUT2D eigenvalue weighted by atomic mass is 10.1. The minimum Gasteiger partial charge on any atom is -0.493 e. The van der Waals surface area contributed by atoms with Crippen LogP contribution in [0.25, 0.3) is 16.9 Å². The van der Waals surface area contributed by atoms with Crippen molar-refractivity contribution in [2.75, 3.05) is 14.2 Å². The molecule has 0 bridgehead atoms. The highest BCUT2D eigenvalue weighted by Gasteiger charge is 2.09. The molecule has 0 fully saturated rings. The lowest BCUT2D eigenvalue weighted by molar-refractivity contribution is 0.354. The van der Waals surface area contributed by atoms with Gasteiger partial charge in [0.25, 0.3) is 0 Å². The van der Waals surface area contributed by atoms with Gasteiger partial charge < -0.3 is 9.47 Å². The molecule has 5 heteroatoms. The second-order valence-electron chi connectivity index (χ2n) is 4.95. The number of benzene rings is 2. The van der Waals surface area contributed by atoms with Gasteiger partial charge in [0, 0.05) is 11.6 Å². The summed E-state index contributed by atoms with van der Waals surface area (Å²) in [5.74, 6) is 1.34. The highest BCUT2D eigenvalue weighted by molar-refractivity contribution is 5.59. The molecule has 112 valence electrons. The van der Waals surface area contributed by atoms with Crippen molar-refractivity contribution in [1.82, 2.24) is 15.0 Å². The second-order valence-corrected chi connectivity index (χ2v) is 4.95. The van der Waals surface area contributed by atoms with Crippen molar-refractivity contribution in [3.05, 3.63) is 54.2 Å². The molecule has 0 unspecified atom stereocenters. The summed E-state index contributed by atoms with van der Waals surface area (Å²) in [4.78, 5) is 0. The van der Waals surface area contributed by atoms with Crippen LogP contribution in [-0.4, -0.2) is 29.2 Å². The third kappa shape index (κ3) is 2.65. The molecule has 0 saturated heterocycles. The Morgan fingerprint density at radius 2 is 1.64 bits per heavy atom. The summed E-state index contributed by atoms with van der Waals surface area (Å²) in [5, 5.41) is 8.42. The minimum atomic E-state index is 0.660. The maximum absolute atomic E-state index is 5.32. The van der Waals surface area contributed by atoms with Crippen LogP contribution < -0.4 is 9.47 Å². The van der Waals surface area contributed by atoms with Crippen molar-refractivity contribution in [3.8, 4) is 28.4 Å². The monoisotopic (exact) mass is 295 g/mol. The summed E-state index contributed by atoms with van der Waals surface area (Å²) < 4.78 is 12.3. The van der Waals surface area contributed by atoms with Crippen LogP contribution in [0, 0.1) is 6.92 Å². The van der Waals surface area contributed by atoms with E-state index in [9.17, 15) is 0 Å². The number of ether oxygens (including phenoxy) is 2. The largest absolute Gasteiger partial charge is 0.493 e. The highest BCUT2D eigenvalue weighted by Crippen LogP contribution is 2.29. The molecule has 0 amide bonds. The number of aryl methyl sites for hydroxylation is 1. The van der Waals surface area contributed by atoms with Crippen molar-refractivity contribution < 1.29 is 9.47 Å². The van der Waals surface area contributed by atoms with Gasteiger partial charge in [-0.25, -0.2) is 4.68 Å². The third-order valence-electron chi connectivity index (χ3n) is 3.47. The molecule has 5 nitrogen and oxygen atoms in total. The van der Waals surface area contributed by atoms with E-state index in [0.717, 1.165) is 16.9 Å². The Labute approximate surface area is 129 Å². The van der Waals surface area contributed by atoms with E-state index in [1.807, 2.05) is 36.5 Å². The number of hydrogen-bond acceptors (Lipinski definition) is 4. The Hall–Kier alpha value is -2.82. The first-order valence-electron chi connectivity index (χ1n) is 6.93. The predicted molar refractivity (Wildman–Crippen MR) is 84.6 cm³/mol. The fourth-order valence-corrected chi connectivity index (χ4v) is 2.21. The first-order chi connectivity index (χ1) is 10.7. The highest BCUT2D eigenvalue weighted by atomic mass is 16.5. The van der Waals surface area contributed by atoms with E-state index in [2.05, 4.69) is 29.4 Å². The maximum Gasteiger partial charge on any atom is 0.162 e. The molecule has 0 radical (unpaired) electrons.